The molecule has 0 heterocycles. The minimum absolute atomic E-state index is 0.0340. The molecule has 0 saturated carbocycles. The van der Waals surface area contributed by atoms with Crippen LogP contribution in [0.15, 0.2) is 53.4 Å². The van der Waals surface area contributed by atoms with Crippen molar-refractivity contribution < 1.29 is 4.74 Å². The lowest BCUT2D eigenvalue weighted by Gasteiger charge is -2.17. The zero-order valence-corrected chi connectivity index (χ0v) is 13.5. The van der Waals surface area contributed by atoms with Gasteiger partial charge in [0.15, 0.2) is 0 Å². The standard InChI is InChI=1S/C16H19ClN2OS/c1-2-20-13-7-5-6-12(10-13)15(19-18)11-21-16-9-4-3-8-14(16)17/h3-10,15,19H,2,11,18H2,1H3. The lowest BCUT2D eigenvalue weighted by Crippen LogP contribution is -2.29. The largest absolute Gasteiger partial charge is 0.494 e. The maximum atomic E-state index is 6.17. The molecule has 0 spiro atoms. The second-order valence-corrected chi connectivity index (χ2v) is 5.94. The van der Waals surface area contributed by atoms with Crippen LogP contribution in [-0.4, -0.2) is 12.4 Å². The van der Waals surface area contributed by atoms with Crippen LogP contribution in [0.25, 0.3) is 0 Å². The average Bonchev–Trinajstić information content (AvgIpc) is 2.50. The molecule has 3 N–H and O–H groups in total. The van der Waals surface area contributed by atoms with Crippen molar-refractivity contribution in [1.82, 2.24) is 5.43 Å². The molecule has 0 amide bonds. The van der Waals surface area contributed by atoms with Gasteiger partial charge < -0.3 is 4.74 Å². The summed E-state index contributed by atoms with van der Waals surface area (Å²) in [7, 11) is 0. The van der Waals surface area contributed by atoms with Gasteiger partial charge in [0.1, 0.15) is 5.75 Å². The number of halogens is 1. The Balaban J connectivity index is 2.06. The number of thioether (sulfide) groups is 1. The van der Waals surface area contributed by atoms with E-state index in [-0.39, 0.29) is 6.04 Å². The van der Waals surface area contributed by atoms with Crippen molar-refractivity contribution in [1.29, 1.82) is 0 Å². The zero-order valence-electron chi connectivity index (χ0n) is 11.9. The summed E-state index contributed by atoms with van der Waals surface area (Å²) < 4.78 is 5.53. The molecular weight excluding hydrogens is 304 g/mol. The predicted octanol–water partition coefficient (Wildman–Crippen LogP) is 4.04. The van der Waals surface area contributed by atoms with Crippen molar-refractivity contribution in [2.75, 3.05) is 12.4 Å². The summed E-state index contributed by atoms with van der Waals surface area (Å²) in [5.74, 6) is 7.34. The van der Waals surface area contributed by atoms with Crippen molar-refractivity contribution in [3.63, 3.8) is 0 Å². The van der Waals surface area contributed by atoms with E-state index >= 15 is 0 Å². The van der Waals surface area contributed by atoms with Gasteiger partial charge in [0.2, 0.25) is 0 Å². The van der Waals surface area contributed by atoms with E-state index in [4.69, 9.17) is 22.2 Å². The third-order valence-corrected chi connectivity index (χ3v) is 4.62. The van der Waals surface area contributed by atoms with E-state index in [1.54, 1.807) is 11.8 Å². The Morgan fingerprint density at radius 1 is 1.24 bits per heavy atom. The Morgan fingerprint density at radius 2 is 2.05 bits per heavy atom. The molecule has 0 radical (unpaired) electrons. The van der Waals surface area contributed by atoms with Crippen LogP contribution in [-0.2, 0) is 0 Å². The number of benzene rings is 2. The summed E-state index contributed by atoms with van der Waals surface area (Å²) in [6.07, 6.45) is 0. The Morgan fingerprint density at radius 3 is 2.76 bits per heavy atom. The Hall–Kier alpha value is -1.20. The van der Waals surface area contributed by atoms with Crippen LogP contribution < -0.4 is 16.0 Å². The van der Waals surface area contributed by atoms with Gasteiger partial charge in [-0.2, -0.15) is 0 Å². The van der Waals surface area contributed by atoms with Crippen LogP contribution >= 0.6 is 23.4 Å². The van der Waals surface area contributed by atoms with Crippen molar-refractivity contribution >= 4 is 23.4 Å². The number of rotatable bonds is 7. The van der Waals surface area contributed by atoms with Crippen LogP contribution in [0.1, 0.15) is 18.5 Å². The first-order valence-electron chi connectivity index (χ1n) is 6.80. The highest BCUT2D eigenvalue weighted by molar-refractivity contribution is 7.99. The normalized spacial score (nSPS) is 12.1. The summed E-state index contributed by atoms with van der Waals surface area (Å²) in [6.45, 7) is 2.62. The van der Waals surface area contributed by atoms with Crippen LogP contribution in [0.5, 0.6) is 5.75 Å². The molecule has 1 unspecified atom stereocenters. The molecular formula is C16H19ClN2OS. The van der Waals surface area contributed by atoms with Gasteiger partial charge in [-0.1, -0.05) is 35.9 Å². The second-order valence-electron chi connectivity index (χ2n) is 4.47. The number of hydrogen-bond donors (Lipinski definition) is 2. The number of hydrazine groups is 1. The van der Waals surface area contributed by atoms with Gasteiger partial charge >= 0.3 is 0 Å². The van der Waals surface area contributed by atoms with Gasteiger partial charge in [-0.3, -0.25) is 11.3 Å². The number of nitrogens with two attached hydrogens (primary N) is 1. The molecule has 1 atom stereocenters. The molecule has 2 aromatic carbocycles. The smallest absolute Gasteiger partial charge is 0.119 e. The molecule has 5 heteroatoms. The molecule has 3 nitrogen and oxygen atoms in total. The SMILES string of the molecule is CCOc1cccc(C(CSc2ccccc2Cl)NN)c1. The molecule has 0 aromatic heterocycles. The molecule has 0 bridgehead atoms. The number of nitrogens with one attached hydrogen (secondary N) is 1. The third kappa shape index (κ3) is 4.64. The fraction of sp³-hybridized carbons (Fsp3) is 0.250. The quantitative estimate of drug-likeness (QED) is 0.459. The lowest BCUT2D eigenvalue weighted by atomic mass is 10.1. The van der Waals surface area contributed by atoms with Crippen LogP contribution in [0.4, 0.5) is 0 Å². The summed E-state index contributed by atoms with van der Waals surface area (Å²) in [5, 5.41) is 0.765. The van der Waals surface area contributed by atoms with Gasteiger partial charge in [-0.25, -0.2) is 0 Å². The highest BCUT2D eigenvalue weighted by Crippen LogP contribution is 2.30. The van der Waals surface area contributed by atoms with Gasteiger partial charge in [-0.05, 0) is 36.8 Å². The summed E-state index contributed by atoms with van der Waals surface area (Å²) in [6, 6.07) is 15.8. The van der Waals surface area contributed by atoms with E-state index in [1.807, 2.05) is 55.5 Å². The molecule has 21 heavy (non-hydrogen) atoms. The fourth-order valence-corrected chi connectivity index (χ4v) is 3.28. The third-order valence-electron chi connectivity index (χ3n) is 3.01. The maximum absolute atomic E-state index is 6.17. The first-order valence-corrected chi connectivity index (χ1v) is 8.17. The van der Waals surface area contributed by atoms with E-state index < -0.39 is 0 Å². The molecule has 0 saturated heterocycles. The average molecular weight is 323 g/mol. The fourth-order valence-electron chi connectivity index (χ4n) is 1.96. The molecule has 0 aliphatic rings. The van der Waals surface area contributed by atoms with Gasteiger partial charge in [-0.15, -0.1) is 11.8 Å². The van der Waals surface area contributed by atoms with Crippen molar-refractivity contribution in [3.05, 3.63) is 59.1 Å². The molecule has 0 fully saturated rings. The molecule has 0 aliphatic carbocycles. The van der Waals surface area contributed by atoms with E-state index in [0.717, 1.165) is 27.0 Å². The number of ether oxygens (including phenoxy) is 1. The van der Waals surface area contributed by atoms with Gasteiger partial charge in [0, 0.05) is 10.6 Å². The maximum Gasteiger partial charge on any atom is 0.119 e. The topological polar surface area (TPSA) is 47.3 Å². The minimum atomic E-state index is 0.0340. The van der Waals surface area contributed by atoms with Crippen LogP contribution in [0, 0.1) is 0 Å². The van der Waals surface area contributed by atoms with E-state index in [1.165, 1.54) is 0 Å². The van der Waals surface area contributed by atoms with Crippen molar-refractivity contribution in [2.24, 2.45) is 5.84 Å². The van der Waals surface area contributed by atoms with Crippen molar-refractivity contribution in [2.45, 2.75) is 17.9 Å². The van der Waals surface area contributed by atoms with E-state index in [9.17, 15) is 0 Å². The predicted molar refractivity (Wildman–Crippen MR) is 89.9 cm³/mol. The zero-order chi connectivity index (χ0) is 15.1. The summed E-state index contributed by atoms with van der Waals surface area (Å²) in [4.78, 5) is 1.06. The summed E-state index contributed by atoms with van der Waals surface area (Å²) >= 11 is 7.85. The number of hydrogen-bond acceptors (Lipinski definition) is 4. The summed E-state index contributed by atoms with van der Waals surface area (Å²) in [5.41, 5.74) is 3.96. The Kier molecular flexibility index (Phi) is 6.39. The first-order chi connectivity index (χ1) is 10.2. The molecule has 112 valence electrons. The highest BCUT2D eigenvalue weighted by atomic mass is 35.5. The van der Waals surface area contributed by atoms with Crippen LogP contribution in [0.2, 0.25) is 5.02 Å². The lowest BCUT2D eigenvalue weighted by molar-refractivity contribution is 0.339. The molecule has 0 aliphatic heterocycles. The Bertz CT molecular complexity index is 580. The first kappa shape index (κ1) is 16.2. The minimum Gasteiger partial charge on any atom is -0.494 e. The van der Waals surface area contributed by atoms with Gasteiger partial charge in [0.05, 0.1) is 17.7 Å². The van der Waals surface area contributed by atoms with Crippen LogP contribution in [0.3, 0.4) is 0 Å². The van der Waals surface area contributed by atoms with E-state index in [0.29, 0.717) is 6.61 Å². The Labute approximate surface area is 134 Å². The highest BCUT2D eigenvalue weighted by Gasteiger charge is 2.12. The molecule has 2 rings (SSSR count). The van der Waals surface area contributed by atoms with Gasteiger partial charge in [0.25, 0.3) is 0 Å². The monoisotopic (exact) mass is 322 g/mol. The molecule has 2 aromatic rings. The van der Waals surface area contributed by atoms with Crippen molar-refractivity contribution in [3.8, 4) is 5.75 Å². The van der Waals surface area contributed by atoms with E-state index in [2.05, 4.69) is 5.43 Å². The second kappa shape index (κ2) is 8.29.